The molecule has 6 nitrogen and oxygen atoms in total. The fourth-order valence-corrected chi connectivity index (χ4v) is 5.53. The van der Waals surface area contributed by atoms with Crippen LogP contribution in [0.5, 0.6) is 0 Å². The zero-order valence-corrected chi connectivity index (χ0v) is 28.0. The lowest BCUT2D eigenvalue weighted by atomic mass is 9.85. The maximum absolute atomic E-state index is 14.0. The summed E-state index contributed by atoms with van der Waals surface area (Å²) in [5, 5.41) is 6.07. The summed E-state index contributed by atoms with van der Waals surface area (Å²) in [6.45, 7) is 10.9. The summed E-state index contributed by atoms with van der Waals surface area (Å²) in [4.78, 5) is 40.6. The lowest BCUT2D eigenvalue weighted by molar-refractivity contribution is -0.150. The van der Waals surface area contributed by atoms with Gasteiger partial charge < -0.3 is 15.4 Å². The van der Waals surface area contributed by atoms with Gasteiger partial charge in [-0.2, -0.15) is 0 Å². The molecule has 2 aromatic rings. The number of hydrogen-bond donors (Lipinski definition) is 2. The van der Waals surface area contributed by atoms with Crippen molar-refractivity contribution in [1.29, 1.82) is 0 Å². The van der Waals surface area contributed by atoms with Crippen LogP contribution in [0.1, 0.15) is 116 Å². The first-order valence-electron chi connectivity index (χ1n) is 17.2. The fraction of sp³-hybridized carbons (Fsp3) is 0.605. The molecule has 44 heavy (non-hydrogen) atoms. The predicted molar refractivity (Wildman–Crippen MR) is 181 cm³/mol. The molecule has 3 atom stereocenters. The summed E-state index contributed by atoms with van der Waals surface area (Å²) in [6, 6.07) is 17.3. The summed E-state index contributed by atoms with van der Waals surface area (Å²) in [6.07, 6.45) is 11.2. The summed E-state index contributed by atoms with van der Waals surface area (Å²) in [5.74, 6) is -1.13. The zero-order chi connectivity index (χ0) is 32.2. The number of benzene rings is 2. The number of amides is 2. The number of hydrogen-bond acceptors (Lipinski definition) is 4. The Morgan fingerprint density at radius 1 is 0.682 bits per heavy atom. The van der Waals surface area contributed by atoms with Gasteiger partial charge in [-0.15, -0.1) is 0 Å². The van der Waals surface area contributed by atoms with Crippen molar-refractivity contribution in [1.82, 2.24) is 5.32 Å². The van der Waals surface area contributed by atoms with Gasteiger partial charge in [-0.1, -0.05) is 116 Å². The second kappa shape index (κ2) is 21.5. The molecule has 0 radical (unpaired) electrons. The molecule has 0 spiro atoms. The Balaban J connectivity index is 2.26. The standard InChI is InChI=1S/C38H58N2O4/c1-6-9-11-13-17-33(38(43)44-26-10-7-2)28-32(25-24-31-22-20-30(16-8-3)21-23-31)36(41)40-35(27-29(4)5)37(42)39-34-18-14-12-15-19-34/h12,14-15,18-23,29,32-33,35H,6-11,13,16-17,24-28H2,1-5H3,(H,39,42)(H,40,41)/t32-,33?,35+/m1/s1. The van der Waals surface area contributed by atoms with Crippen molar-refractivity contribution in [2.75, 3.05) is 11.9 Å². The van der Waals surface area contributed by atoms with E-state index in [-0.39, 0.29) is 29.6 Å². The number of carbonyl (C=O) groups excluding carboxylic acids is 3. The predicted octanol–water partition coefficient (Wildman–Crippen LogP) is 8.68. The van der Waals surface area contributed by atoms with Crippen molar-refractivity contribution in [3.63, 3.8) is 0 Å². The average molecular weight is 607 g/mol. The molecule has 0 heterocycles. The number of anilines is 1. The second-order valence-electron chi connectivity index (χ2n) is 12.7. The molecule has 2 aromatic carbocycles. The highest BCUT2D eigenvalue weighted by molar-refractivity contribution is 5.97. The van der Waals surface area contributed by atoms with Crippen LogP contribution in [0.3, 0.4) is 0 Å². The Bertz CT molecular complexity index is 1080. The van der Waals surface area contributed by atoms with Gasteiger partial charge in [0, 0.05) is 11.6 Å². The van der Waals surface area contributed by atoms with E-state index in [0.29, 0.717) is 38.0 Å². The molecule has 2 N–H and O–H groups in total. The topological polar surface area (TPSA) is 84.5 Å². The van der Waals surface area contributed by atoms with Gasteiger partial charge in [0.15, 0.2) is 0 Å². The van der Waals surface area contributed by atoms with Gasteiger partial charge in [0.25, 0.3) is 0 Å². The van der Waals surface area contributed by atoms with Gasteiger partial charge in [-0.05, 0) is 74.1 Å². The van der Waals surface area contributed by atoms with E-state index in [0.717, 1.165) is 57.8 Å². The average Bonchev–Trinajstić information content (AvgIpc) is 3.01. The minimum atomic E-state index is -0.668. The fourth-order valence-electron chi connectivity index (χ4n) is 5.53. The van der Waals surface area contributed by atoms with Crippen molar-refractivity contribution in [2.45, 2.75) is 124 Å². The number of para-hydroxylation sites is 1. The van der Waals surface area contributed by atoms with Crippen molar-refractivity contribution in [2.24, 2.45) is 17.8 Å². The molecule has 6 heteroatoms. The number of aryl methyl sites for hydroxylation is 2. The minimum absolute atomic E-state index is 0.165. The van der Waals surface area contributed by atoms with Crippen LogP contribution in [0.2, 0.25) is 0 Å². The molecule has 0 bridgehead atoms. The molecule has 0 fully saturated rings. The first kappa shape index (κ1) is 37.0. The van der Waals surface area contributed by atoms with E-state index >= 15 is 0 Å². The van der Waals surface area contributed by atoms with Crippen LogP contribution in [-0.4, -0.2) is 30.4 Å². The summed E-state index contributed by atoms with van der Waals surface area (Å²) >= 11 is 0. The molecule has 2 amide bonds. The molecule has 0 aliphatic carbocycles. The number of rotatable bonds is 22. The van der Waals surface area contributed by atoms with Gasteiger partial charge in [0.2, 0.25) is 11.8 Å². The van der Waals surface area contributed by atoms with Crippen LogP contribution in [0.15, 0.2) is 54.6 Å². The van der Waals surface area contributed by atoms with Crippen LogP contribution in [-0.2, 0) is 32.0 Å². The maximum Gasteiger partial charge on any atom is 0.308 e. The molecule has 0 aromatic heterocycles. The van der Waals surface area contributed by atoms with E-state index in [4.69, 9.17) is 4.74 Å². The number of carbonyl (C=O) groups is 3. The van der Waals surface area contributed by atoms with Gasteiger partial charge in [0.1, 0.15) is 6.04 Å². The molecule has 0 aliphatic heterocycles. The van der Waals surface area contributed by atoms with E-state index in [9.17, 15) is 14.4 Å². The van der Waals surface area contributed by atoms with Gasteiger partial charge in [-0.25, -0.2) is 0 Å². The van der Waals surface area contributed by atoms with Crippen molar-refractivity contribution >= 4 is 23.5 Å². The summed E-state index contributed by atoms with van der Waals surface area (Å²) in [7, 11) is 0. The highest BCUT2D eigenvalue weighted by atomic mass is 16.5. The van der Waals surface area contributed by atoms with E-state index in [1.165, 1.54) is 11.1 Å². The number of esters is 1. The Labute approximate surface area is 267 Å². The third kappa shape index (κ3) is 14.5. The van der Waals surface area contributed by atoms with E-state index in [1.807, 2.05) is 44.2 Å². The first-order valence-corrected chi connectivity index (χ1v) is 17.2. The maximum atomic E-state index is 14.0. The third-order valence-corrected chi connectivity index (χ3v) is 8.15. The Hall–Kier alpha value is -3.15. The van der Waals surface area contributed by atoms with Gasteiger partial charge >= 0.3 is 5.97 Å². The molecule has 0 aliphatic rings. The van der Waals surface area contributed by atoms with E-state index in [2.05, 4.69) is 55.7 Å². The third-order valence-electron chi connectivity index (χ3n) is 8.15. The molecular weight excluding hydrogens is 548 g/mol. The monoisotopic (exact) mass is 606 g/mol. The molecule has 244 valence electrons. The van der Waals surface area contributed by atoms with E-state index < -0.39 is 12.0 Å². The quantitative estimate of drug-likeness (QED) is 0.104. The minimum Gasteiger partial charge on any atom is -0.465 e. The van der Waals surface area contributed by atoms with Crippen LogP contribution < -0.4 is 10.6 Å². The van der Waals surface area contributed by atoms with Crippen LogP contribution in [0.4, 0.5) is 5.69 Å². The second-order valence-corrected chi connectivity index (χ2v) is 12.7. The van der Waals surface area contributed by atoms with E-state index in [1.54, 1.807) is 0 Å². The summed E-state index contributed by atoms with van der Waals surface area (Å²) in [5.41, 5.74) is 3.19. The Kier molecular flexibility index (Phi) is 18.1. The molecular formula is C38H58N2O4. The Morgan fingerprint density at radius 2 is 1.34 bits per heavy atom. The van der Waals surface area contributed by atoms with Crippen LogP contribution in [0.25, 0.3) is 0 Å². The van der Waals surface area contributed by atoms with Crippen LogP contribution in [0, 0.1) is 17.8 Å². The van der Waals surface area contributed by atoms with Gasteiger partial charge in [0.05, 0.1) is 12.5 Å². The number of nitrogens with one attached hydrogen (secondary N) is 2. The largest absolute Gasteiger partial charge is 0.465 e. The normalized spacial score (nSPS) is 13.2. The number of ether oxygens (including phenoxy) is 1. The first-order chi connectivity index (χ1) is 21.3. The van der Waals surface area contributed by atoms with Gasteiger partial charge in [-0.3, -0.25) is 14.4 Å². The molecule has 0 saturated carbocycles. The number of unbranched alkanes of at least 4 members (excludes halogenated alkanes) is 4. The summed E-state index contributed by atoms with van der Waals surface area (Å²) < 4.78 is 5.68. The van der Waals surface area contributed by atoms with Crippen molar-refractivity contribution in [3.05, 3.63) is 65.7 Å². The van der Waals surface area contributed by atoms with Crippen LogP contribution >= 0.6 is 0 Å². The molecule has 2 rings (SSSR count). The zero-order valence-electron chi connectivity index (χ0n) is 28.0. The van der Waals surface area contributed by atoms with Crippen molar-refractivity contribution in [3.8, 4) is 0 Å². The highest BCUT2D eigenvalue weighted by Crippen LogP contribution is 2.26. The Morgan fingerprint density at radius 3 is 1.95 bits per heavy atom. The smallest absolute Gasteiger partial charge is 0.308 e. The lowest BCUT2D eigenvalue weighted by Gasteiger charge is -2.26. The van der Waals surface area contributed by atoms with Crippen molar-refractivity contribution < 1.29 is 19.1 Å². The molecule has 0 saturated heterocycles. The lowest BCUT2D eigenvalue weighted by Crippen LogP contribution is -2.47. The SMILES string of the molecule is CCCCCCC(C[C@@H](CCc1ccc(CCC)cc1)C(=O)N[C@@H](CC(C)C)C(=O)Nc1ccccc1)C(=O)OCCCC. The highest BCUT2D eigenvalue weighted by Gasteiger charge is 2.31. The molecule has 1 unspecified atom stereocenters.